The fraction of sp³-hybridized carbons (Fsp3) is 0.900. The van der Waals surface area contributed by atoms with Gasteiger partial charge in [0, 0.05) is 13.6 Å². The van der Waals surface area contributed by atoms with Crippen LogP contribution < -0.4 is 5.32 Å². The summed E-state index contributed by atoms with van der Waals surface area (Å²) in [5, 5.41) is 11.2. The van der Waals surface area contributed by atoms with Crippen molar-refractivity contribution < 1.29 is 14.6 Å². The summed E-state index contributed by atoms with van der Waals surface area (Å²) >= 11 is 0. The molecule has 1 rings (SSSR count). The minimum atomic E-state index is 0.00715. The van der Waals surface area contributed by atoms with E-state index in [1.54, 1.807) is 7.05 Å². The van der Waals surface area contributed by atoms with Gasteiger partial charge in [-0.2, -0.15) is 0 Å². The zero-order chi connectivity index (χ0) is 11.1. The van der Waals surface area contributed by atoms with E-state index in [4.69, 9.17) is 9.84 Å². The van der Waals surface area contributed by atoms with Gasteiger partial charge in [0.25, 0.3) is 0 Å². The largest absolute Gasteiger partial charge is 0.394 e. The second kappa shape index (κ2) is 6.76. The van der Waals surface area contributed by atoms with E-state index < -0.39 is 0 Å². The molecule has 0 radical (unpaired) electrons. The molecule has 5 heteroatoms. The van der Waals surface area contributed by atoms with Crippen LogP contribution in [0.25, 0.3) is 0 Å². The lowest BCUT2D eigenvalue weighted by Gasteiger charge is -2.22. The molecular weight excluding hydrogens is 196 g/mol. The van der Waals surface area contributed by atoms with Gasteiger partial charge in [-0.15, -0.1) is 0 Å². The van der Waals surface area contributed by atoms with E-state index in [9.17, 15) is 4.79 Å². The first-order valence-corrected chi connectivity index (χ1v) is 5.44. The molecule has 1 amide bonds. The number of hydrogen-bond acceptors (Lipinski definition) is 4. The van der Waals surface area contributed by atoms with Crippen LogP contribution in [-0.4, -0.2) is 61.9 Å². The SMILES string of the molecule is CNC(=O)[C@@H]1CCCN1CCOCCO. The number of likely N-dealkylation sites (tertiary alicyclic amines) is 1. The molecule has 88 valence electrons. The average Bonchev–Trinajstić information content (AvgIpc) is 2.71. The van der Waals surface area contributed by atoms with Crippen molar-refractivity contribution in [2.45, 2.75) is 18.9 Å². The Morgan fingerprint density at radius 2 is 2.40 bits per heavy atom. The van der Waals surface area contributed by atoms with E-state index in [1.165, 1.54) is 0 Å². The van der Waals surface area contributed by atoms with Gasteiger partial charge in [0.05, 0.1) is 25.9 Å². The van der Waals surface area contributed by atoms with Crippen LogP contribution >= 0.6 is 0 Å². The molecule has 15 heavy (non-hydrogen) atoms. The Kier molecular flexibility index (Phi) is 5.60. The molecule has 5 nitrogen and oxygen atoms in total. The molecule has 1 atom stereocenters. The van der Waals surface area contributed by atoms with E-state index >= 15 is 0 Å². The smallest absolute Gasteiger partial charge is 0.237 e. The number of amides is 1. The van der Waals surface area contributed by atoms with E-state index in [0.29, 0.717) is 13.2 Å². The first-order valence-electron chi connectivity index (χ1n) is 5.44. The number of aliphatic hydroxyl groups is 1. The van der Waals surface area contributed by atoms with Gasteiger partial charge in [-0.1, -0.05) is 0 Å². The second-order valence-electron chi connectivity index (χ2n) is 3.64. The van der Waals surface area contributed by atoms with Crippen LogP contribution in [0, 0.1) is 0 Å². The molecule has 1 saturated heterocycles. The number of nitrogens with zero attached hydrogens (tertiary/aromatic N) is 1. The number of ether oxygens (including phenoxy) is 1. The van der Waals surface area contributed by atoms with Crippen molar-refractivity contribution in [3.05, 3.63) is 0 Å². The quantitative estimate of drug-likeness (QED) is 0.571. The highest BCUT2D eigenvalue weighted by molar-refractivity contribution is 5.81. The molecule has 0 spiro atoms. The van der Waals surface area contributed by atoms with Gasteiger partial charge in [0.15, 0.2) is 0 Å². The zero-order valence-electron chi connectivity index (χ0n) is 9.24. The number of carbonyl (C=O) groups is 1. The average molecular weight is 216 g/mol. The van der Waals surface area contributed by atoms with Crippen LogP contribution in [0.3, 0.4) is 0 Å². The van der Waals surface area contributed by atoms with Crippen LogP contribution in [0.5, 0.6) is 0 Å². The second-order valence-corrected chi connectivity index (χ2v) is 3.64. The number of aliphatic hydroxyl groups excluding tert-OH is 1. The van der Waals surface area contributed by atoms with Crippen molar-refractivity contribution >= 4 is 5.91 Å². The van der Waals surface area contributed by atoms with Gasteiger partial charge < -0.3 is 15.2 Å². The zero-order valence-corrected chi connectivity index (χ0v) is 9.24. The maximum Gasteiger partial charge on any atom is 0.237 e. The van der Waals surface area contributed by atoms with Crippen LogP contribution in [0.1, 0.15) is 12.8 Å². The van der Waals surface area contributed by atoms with Gasteiger partial charge in [-0.25, -0.2) is 0 Å². The van der Waals surface area contributed by atoms with Gasteiger partial charge in [-0.05, 0) is 19.4 Å². The van der Waals surface area contributed by atoms with Crippen molar-refractivity contribution in [3.63, 3.8) is 0 Å². The molecule has 1 fully saturated rings. The number of carbonyl (C=O) groups excluding carboxylic acids is 1. The topological polar surface area (TPSA) is 61.8 Å². The predicted octanol–water partition coefficient (Wildman–Crippen LogP) is -0.794. The molecule has 1 heterocycles. The molecule has 1 aliphatic heterocycles. The molecule has 0 bridgehead atoms. The standard InChI is InChI=1S/C10H20N2O3/c1-11-10(14)9-3-2-4-12(9)5-7-15-8-6-13/h9,13H,2-8H2,1H3,(H,11,14)/t9-/m0/s1. The highest BCUT2D eigenvalue weighted by Gasteiger charge is 2.29. The summed E-state index contributed by atoms with van der Waals surface area (Å²) in [6, 6.07) is 0.00715. The Hall–Kier alpha value is -0.650. The van der Waals surface area contributed by atoms with E-state index in [2.05, 4.69) is 10.2 Å². The lowest BCUT2D eigenvalue weighted by atomic mass is 10.2. The highest BCUT2D eigenvalue weighted by atomic mass is 16.5. The number of hydrogen-bond donors (Lipinski definition) is 2. The van der Waals surface area contributed by atoms with E-state index in [0.717, 1.165) is 25.9 Å². The minimum absolute atomic E-state index is 0.00715. The molecule has 0 aromatic carbocycles. The van der Waals surface area contributed by atoms with Crippen LogP contribution in [0.15, 0.2) is 0 Å². The highest BCUT2D eigenvalue weighted by Crippen LogP contribution is 2.16. The maximum atomic E-state index is 11.5. The van der Waals surface area contributed by atoms with Crippen LogP contribution in [0.2, 0.25) is 0 Å². The van der Waals surface area contributed by atoms with E-state index in [-0.39, 0.29) is 18.6 Å². The monoisotopic (exact) mass is 216 g/mol. The molecule has 2 N–H and O–H groups in total. The normalized spacial score (nSPS) is 21.9. The van der Waals surface area contributed by atoms with Gasteiger partial charge in [0.2, 0.25) is 5.91 Å². The van der Waals surface area contributed by atoms with Gasteiger partial charge in [-0.3, -0.25) is 9.69 Å². The third-order valence-corrected chi connectivity index (χ3v) is 2.67. The third kappa shape index (κ3) is 3.77. The molecule has 0 unspecified atom stereocenters. The lowest BCUT2D eigenvalue weighted by molar-refractivity contribution is -0.125. The molecule has 0 saturated carbocycles. The van der Waals surface area contributed by atoms with Crippen molar-refractivity contribution in [1.29, 1.82) is 0 Å². The molecule has 0 aliphatic carbocycles. The lowest BCUT2D eigenvalue weighted by Crippen LogP contribution is -2.43. The predicted molar refractivity (Wildman–Crippen MR) is 56.6 cm³/mol. The fourth-order valence-corrected chi connectivity index (χ4v) is 1.91. The summed E-state index contributed by atoms with van der Waals surface area (Å²) in [5.41, 5.74) is 0. The van der Waals surface area contributed by atoms with Gasteiger partial charge >= 0.3 is 0 Å². The maximum absolute atomic E-state index is 11.5. The molecular formula is C10H20N2O3. The van der Waals surface area contributed by atoms with Crippen LogP contribution in [-0.2, 0) is 9.53 Å². The van der Waals surface area contributed by atoms with Crippen molar-refractivity contribution in [2.24, 2.45) is 0 Å². The summed E-state index contributed by atoms with van der Waals surface area (Å²) in [5.74, 6) is 0.0923. The number of rotatable bonds is 6. The Bertz CT molecular complexity index is 199. The van der Waals surface area contributed by atoms with Crippen molar-refractivity contribution in [1.82, 2.24) is 10.2 Å². The van der Waals surface area contributed by atoms with E-state index in [1.807, 2.05) is 0 Å². The Labute approximate surface area is 90.4 Å². The first kappa shape index (κ1) is 12.4. The molecule has 0 aromatic rings. The summed E-state index contributed by atoms with van der Waals surface area (Å²) in [4.78, 5) is 13.6. The third-order valence-electron chi connectivity index (χ3n) is 2.67. The summed E-state index contributed by atoms with van der Waals surface area (Å²) in [7, 11) is 1.67. The number of nitrogens with one attached hydrogen (secondary N) is 1. The Morgan fingerprint density at radius 3 is 3.07 bits per heavy atom. The Morgan fingerprint density at radius 1 is 1.60 bits per heavy atom. The van der Waals surface area contributed by atoms with Crippen molar-refractivity contribution in [3.8, 4) is 0 Å². The summed E-state index contributed by atoms with van der Waals surface area (Å²) in [6.07, 6.45) is 2.00. The van der Waals surface area contributed by atoms with Crippen molar-refractivity contribution in [2.75, 3.05) is 40.0 Å². The number of likely N-dealkylation sites (N-methyl/N-ethyl adjacent to an activating group) is 1. The first-order chi connectivity index (χ1) is 7.29. The summed E-state index contributed by atoms with van der Waals surface area (Å²) < 4.78 is 5.18. The van der Waals surface area contributed by atoms with Gasteiger partial charge in [0.1, 0.15) is 0 Å². The summed E-state index contributed by atoms with van der Waals surface area (Å²) in [6.45, 7) is 2.73. The fourth-order valence-electron chi connectivity index (χ4n) is 1.91. The minimum Gasteiger partial charge on any atom is -0.394 e. The van der Waals surface area contributed by atoms with Crippen LogP contribution in [0.4, 0.5) is 0 Å². The molecule has 0 aromatic heterocycles. The Balaban J connectivity index is 2.24. The molecule has 1 aliphatic rings.